The second-order valence-electron chi connectivity index (χ2n) is 4.15. The van der Waals surface area contributed by atoms with Crippen LogP contribution in [0.15, 0.2) is 23.1 Å². The van der Waals surface area contributed by atoms with Crippen molar-refractivity contribution >= 4 is 21.4 Å². The van der Waals surface area contributed by atoms with Gasteiger partial charge in [0.05, 0.1) is 4.90 Å². The van der Waals surface area contributed by atoms with Gasteiger partial charge in [0.1, 0.15) is 0 Å². The molecule has 0 aliphatic heterocycles. The van der Waals surface area contributed by atoms with Gasteiger partial charge in [0.15, 0.2) is 9.84 Å². The molecule has 0 heterocycles. The van der Waals surface area contributed by atoms with E-state index in [2.05, 4.69) is 10.6 Å². The van der Waals surface area contributed by atoms with E-state index < -0.39 is 9.84 Å². The first-order chi connectivity index (χ1) is 8.34. The molecule has 0 fully saturated rings. The van der Waals surface area contributed by atoms with Crippen LogP contribution in [0.2, 0.25) is 0 Å². The Morgan fingerprint density at radius 2 is 2.00 bits per heavy atom. The van der Waals surface area contributed by atoms with E-state index in [-0.39, 0.29) is 10.8 Å². The van der Waals surface area contributed by atoms with Gasteiger partial charge in [0.2, 0.25) is 5.91 Å². The second kappa shape index (κ2) is 5.97. The number of carbonyl (C=O) groups excluding carboxylic acids is 1. The van der Waals surface area contributed by atoms with Crippen molar-refractivity contribution in [2.45, 2.75) is 18.2 Å². The molecule has 1 aromatic carbocycles. The number of hydrogen-bond acceptors (Lipinski definition) is 4. The van der Waals surface area contributed by atoms with Gasteiger partial charge in [-0.1, -0.05) is 6.07 Å². The second-order valence-corrected chi connectivity index (χ2v) is 6.17. The molecule has 1 aromatic rings. The highest BCUT2D eigenvalue weighted by atomic mass is 32.2. The summed E-state index contributed by atoms with van der Waals surface area (Å²) in [5, 5.41) is 5.59. The Kier molecular flexibility index (Phi) is 4.86. The standard InChI is InChI=1S/C12H18N2O3S/c1-9-4-5-10(18(3,16)17)8-11(9)14-12(15)6-7-13-2/h4-5,8,13H,6-7H2,1-3H3,(H,14,15). The minimum absolute atomic E-state index is 0.141. The van der Waals surface area contributed by atoms with Gasteiger partial charge < -0.3 is 10.6 Å². The smallest absolute Gasteiger partial charge is 0.225 e. The van der Waals surface area contributed by atoms with Gasteiger partial charge in [0, 0.05) is 24.9 Å². The summed E-state index contributed by atoms with van der Waals surface area (Å²) >= 11 is 0. The lowest BCUT2D eigenvalue weighted by Crippen LogP contribution is -2.19. The van der Waals surface area contributed by atoms with Crippen molar-refractivity contribution in [2.75, 3.05) is 25.2 Å². The number of anilines is 1. The fraction of sp³-hybridized carbons (Fsp3) is 0.417. The molecule has 1 amide bonds. The number of rotatable bonds is 5. The van der Waals surface area contributed by atoms with E-state index in [1.165, 1.54) is 12.1 Å². The van der Waals surface area contributed by atoms with Crippen LogP contribution in [0.3, 0.4) is 0 Å². The van der Waals surface area contributed by atoms with E-state index >= 15 is 0 Å². The van der Waals surface area contributed by atoms with Crippen LogP contribution in [0.4, 0.5) is 5.69 Å². The molecule has 0 aliphatic rings. The van der Waals surface area contributed by atoms with Gasteiger partial charge in [0.25, 0.3) is 0 Å². The van der Waals surface area contributed by atoms with Crippen molar-refractivity contribution in [3.8, 4) is 0 Å². The Labute approximate surface area is 108 Å². The molecule has 5 nitrogen and oxygen atoms in total. The van der Waals surface area contributed by atoms with E-state index in [1.807, 2.05) is 6.92 Å². The molecule has 100 valence electrons. The number of hydrogen-bond donors (Lipinski definition) is 2. The Morgan fingerprint density at radius 3 is 2.56 bits per heavy atom. The first-order valence-electron chi connectivity index (χ1n) is 5.59. The monoisotopic (exact) mass is 270 g/mol. The molecule has 6 heteroatoms. The third-order valence-corrected chi connectivity index (χ3v) is 3.62. The van der Waals surface area contributed by atoms with Crippen LogP contribution in [0.5, 0.6) is 0 Å². The molecule has 18 heavy (non-hydrogen) atoms. The van der Waals surface area contributed by atoms with Crippen molar-refractivity contribution < 1.29 is 13.2 Å². The largest absolute Gasteiger partial charge is 0.326 e. The predicted octanol–water partition coefficient (Wildman–Crippen LogP) is 0.947. The molecule has 0 radical (unpaired) electrons. The zero-order valence-electron chi connectivity index (χ0n) is 10.8. The van der Waals surface area contributed by atoms with Gasteiger partial charge in [-0.25, -0.2) is 8.42 Å². The molecule has 0 atom stereocenters. The average molecular weight is 270 g/mol. The molecule has 1 rings (SSSR count). The molecular weight excluding hydrogens is 252 g/mol. The zero-order chi connectivity index (χ0) is 13.8. The van der Waals surface area contributed by atoms with Gasteiger partial charge in [-0.15, -0.1) is 0 Å². The van der Waals surface area contributed by atoms with Crippen LogP contribution in [0.1, 0.15) is 12.0 Å². The summed E-state index contributed by atoms with van der Waals surface area (Å²) in [6.07, 6.45) is 1.49. The number of benzene rings is 1. The average Bonchev–Trinajstić information content (AvgIpc) is 2.28. The number of carbonyl (C=O) groups is 1. The van der Waals surface area contributed by atoms with Crippen molar-refractivity contribution in [1.29, 1.82) is 0 Å². The molecule has 2 N–H and O–H groups in total. The number of sulfone groups is 1. The fourth-order valence-electron chi connectivity index (χ4n) is 1.42. The van der Waals surface area contributed by atoms with Crippen LogP contribution in [-0.2, 0) is 14.6 Å². The van der Waals surface area contributed by atoms with E-state index in [0.717, 1.165) is 11.8 Å². The Bertz CT molecular complexity index is 538. The summed E-state index contributed by atoms with van der Waals surface area (Å²) in [6.45, 7) is 2.40. The van der Waals surface area contributed by atoms with Crippen LogP contribution in [0, 0.1) is 6.92 Å². The topological polar surface area (TPSA) is 75.3 Å². The third kappa shape index (κ3) is 4.12. The normalized spacial score (nSPS) is 11.3. The van der Waals surface area contributed by atoms with Gasteiger partial charge in [-0.05, 0) is 31.7 Å². The van der Waals surface area contributed by atoms with Crippen LogP contribution in [0.25, 0.3) is 0 Å². The van der Waals surface area contributed by atoms with Crippen LogP contribution in [-0.4, -0.2) is 34.2 Å². The highest BCUT2D eigenvalue weighted by Crippen LogP contribution is 2.20. The zero-order valence-corrected chi connectivity index (χ0v) is 11.6. The highest BCUT2D eigenvalue weighted by Gasteiger charge is 2.11. The fourth-order valence-corrected chi connectivity index (χ4v) is 2.06. The summed E-state index contributed by atoms with van der Waals surface area (Å²) in [7, 11) is -1.49. The minimum atomic E-state index is -3.26. The van der Waals surface area contributed by atoms with Gasteiger partial charge >= 0.3 is 0 Å². The SMILES string of the molecule is CNCCC(=O)Nc1cc(S(C)(=O)=O)ccc1C. The van der Waals surface area contributed by atoms with E-state index in [4.69, 9.17) is 0 Å². The Hall–Kier alpha value is -1.40. The summed E-state index contributed by atoms with van der Waals surface area (Å²) in [5.41, 5.74) is 1.37. The highest BCUT2D eigenvalue weighted by molar-refractivity contribution is 7.90. The van der Waals surface area contributed by atoms with Crippen LogP contribution >= 0.6 is 0 Å². The molecule has 0 bridgehead atoms. The molecule has 0 aliphatic carbocycles. The quantitative estimate of drug-likeness (QED) is 0.835. The van der Waals surface area contributed by atoms with Gasteiger partial charge in [-0.3, -0.25) is 4.79 Å². The Morgan fingerprint density at radius 1 is 1.33 bits per heavy atom. The third-order valence-electron chi connectivity index (χ3n) is 2.51. The lowest BCUT2D eigenvalue weighted by atomic mass is 10.2. The molecule has 0 unspecified atom stereocenters. The van der Waals surface area contributed by atoms with Crippen molar-refractivity contribution in [2.24, 2.45) is 0 Å². The maximum absolute atomic E-state index is 11.6. The number of amides is 1. The number of nitrogens with one attached hydrogen (secondary N) is 2. The lowest BCUT2D eigenvalue weighted by Gasteiger charge is -2.10. The predicted molar refractivity (Wildman–Crippen MR) is 71.5 cm³/mol. The number of aryl methyl sites for hydroxylation is 1. The molecule has 0 aromatic heterocycles. The summed E-state index contributed by atoms with van der Waals surface area (Å²) in [5.74, 6) is -0.141. The minimum Gasteiger partial charge on any atom is -0.326 e. The first kappa shape index (κ1) is 14.7. The summed E-state index contributed by atoms with van der Waals surface area (Å²) < 4.78 is 22.9. The molecular formula is C12H18N2O3S. The van der Waals surface area contributed by atoms with E-state index in [9.17, 15) is 13.2 Å². The van der Waals surface area contributed by atoms with Crippen LogP contribution < -0.4 is 10.6 Å². The van der Waals surface area contributed by atoms with Crippen molar-refractivity contribution in [3.63, 3.8) is 0 Å². The van der Waals surface area contributed by atoms with E-state index in [1.54, 1.807) is 13.1 Å². The molecule has 0 spiro atoms. The molecule has 0 saturated carbocycles. The summed E-state index contributed by atoms with van der Waals surface area (Å²) in [4.78, 5) is 11.8. The van der Waals surface area contributed by atoms with Gasteiger partial charge in [-0.2, -0.15) is 0 Å². The van der Waals surface area contributed by atoms with Crippen molar-refractivity contribution in [3.05, 3.63) is 23.8 Å². The molecule has 0 saturated heterocycles. The van der Waals surface area contributed by atoms with E-state index in [0.29, 0.717) is 18.7 Å². The maximum Gasteiger partial charge on any atom is 0.225 e. The lowest BCUT2D eigenvalue weighted by molar-refractivity contribution is -0.116. The maximum atomic E-state index is 11.6. The van der Waals surface area contributed by atoms with Crippen molar-refractivity contribution in [1.82, 2.24) is 5.32 Å². The Balaban J connectivity index is 2.92. The first-order valence-corrected chi connectivity index (χ1v) is 7.49. The summed E-state index contributed by atoms with van der Waals surface area (Å²) in [6, 6.07) is 4.71.